The maximum Gasteiger partial charge on any atom is 0.137 e. The van der Waals surface area contributed by atoms with E-state index in [2.05, 4.69) is 10.3 Å². The summed E-state index contributed by atoms with van der Waals surface area (Å²) in [6, 6.07) is 1.97. The minimum absolute atomic E-state index is 0.681. The van der Waals surface area contributed by atoms with E-state index in [4.69, 9.17) is 4.74 Å². The number of nitrogens with zero attached hydrogens (tertiary/aromatic N) is 1. The van der Waals surface area contributed by atoms with Crippen molar-refractivity contribution in [3.8, 4) is 5.75 Å². The van der Waals surface area contributed by atoms with E-state index in [-0.39, 0.29) is 0 Å². The molecule has 0 atom stereocenters. The van der Waals surface area contributed by atoms with Gasteiger partial charge in [-0.1, -0.05) is 0 Å². The Kier molecular flexibility index (Phi) is 2.91. The Morgan fingerprint density at radius 1 is 1.58 bits per heavy atom. The molecule has 1 N–H and O–H groups in total. The summed E-state index contributed by atoms with van der Waals surface area (Å²) in [6.45, 7) is 4.64. The minimum Gasteiger partial charge on any atom is -0.492 e. The summed E-state index contributed by atoms with van der Waals surface area (Å²) in [6.07, 6.45) is 1.72. The zero-order valence-electron chi connectivity index (χ0n) is 7.72. The van der Waals surface area contributed by atoms with Crippen molar-refractivity contribution < 1.29 is 4.74 Å². The first kappa shape index (κ1) is 8.84. The van der Waals surface area contributed by atoms with E-state index < -0.39 is 0 Å². The third-order valence-electron chi connectivity index (χ3n) is 1.60. The van der Waals surface area contributed by atoms with Crippen LogP contribution in [-0.4, -0.2) is 18.6 Å². The lowest BCUT2D eigenvalue weighted by Gasteiger charge is -2.06. The molecule has 0 aliphatic heterocycles. The Bertz CT molecular complexity index is 261. The van der Waals surface area contributed by atoms with Gasteiger partial charge < -0.3 is 10.1 Å². The number of aromatic nitrogens is 1. The average Bonchev–Trinajstić information content (AvgIpc) is 2.05. The Morgan fingerprint density at radius 2 is 2.33 bits per heavy atom. The van der Waals surface area contributed by atoms with Crippen LogP contribution in [0.5, 0.6) is 5.75 Å². The van der Waals surface area contributed by atoms with Gasteiger partial charge in [0.25, 0.3) is 0 Å². The lowest BCUT2D eigenvalue weighted by atomic mass is 10.3. The molecule has 0 aromatic carbocycles. The van der Waals surface area contributed by atoms with E-state index in [1.54, 1.807) is 6.20 Å². The zero-order chi connectivity index (χ0) is 8.97. The van der Waals surface area contributed by atoms with Crippen molar-refractivity contribution in [2.24, 2.45) is 0 Å². The summed E-state index contributed by atoms with van der Waals surface area (Å²) >= 11 is 0. The molecule has 66 valence electrons. The SMILES string of the molecule is CCOc1cnc(NC)c(C)c1. The van der Waals surface area contributed by atoms with Crippen molar-refractivity contribution in [3.63, 3.8) is 0 Å². The summed E-state index contributed by atoms with van der Waals surface area (Å²) < 4.78 is 5.30. The van der Waals surface area contributed by atoms with Gasteiger partial charge in [-0.15, -0.1) is 0 Å². The molecule has 1 aromatic heterocycles. The quantitative estimate of drug-likeness (QED) is 0.743. The van der Waals surface area contributed by atoms with Gasteiger partial charge in [0.15, 0.2) is 0 Å². The summed E-state index contributed by atoms with van der Waals surface area (Å²) in [7, 11) is 1.86. The van der Waals surface area contributed by atoms with Crippen LogP contribution in [0.4, 0.5) is 5.82 Å². The topological polar surface area (TPSA) is 34.1 Å². The molecule has 0 spiro atoms. The largest absolute Gasteiger partial charge is 0.492 e. The van der Waals surface area contributed by atoms with Crippen LogP contribution in [0, 0.1) is 6.92 Å². The number of anilines is 1. The van der Waals surface area contributed by atoms with Crippen LogP contribution in [-0.2, 0) is 0 Å². The molecule has 1 heterocycles. The molecule has 0 bridgehead atoms. The first-order valence-electron chi connectivity index (χ1n) is 4.05. The summed E-state index contributed by atoms with van der Waals surface area (Å²) in [5.41, 5.74) is 1.10. The standard InChI is InChI=1S/C9H14N2O/c1-4-12-8-5-7(2)9(10-3)11-6-8/h5-6H,4H2,1-3H3,(H,10,11). The molecule has 1 rings (SSSR count). The van der Waals surface area contributed by atoms with E-state index in [9.17, 15) is 0 Å². The molecule has 0 amide bonds. The average molecular weight is 166 g/mol. The van der Waals surface area contributed by atoms with Gasteiger partial charge in [-0.2, -0.15) is 0 Å². The second-order valence-electron chi connectivity index (χ2n) is 2.52. The molecule has 12 heavy (non-hydrogen) atoms. The lowest BCUT2D eigenvalue weighted by Crippen LogP contribution is -1.97. The first-order chi connectivity index (χ1) is 5.77. The number of ether oxygens (including phenoxy) is 1. The number of aryl methyl sites for hydroxylation is 1. The summed E-state index contributed by atoms with van der Waals surface area (Å²) in [5, 5.41) is 3.00. The van der Waals surface area contributed by atoms with Crippen molar-refractivity contribution >= 4 is 5.82 Å². The molecule has 0 aliphatic carbocycles. The predicted octanol–water partition coefficient (Wildman–Crippen LogP) is 1.83. The van der Waals surface area contributed by atoms with Gasteiger partial charge in [0.2, 0.25) is 0 Å². The van der Waals surface area contributed by atoms with Crippen LogP contribution in [0.1, 0.15) is 12.5 Å². The highest BCUT2D eigenvalue weighted by molar-refractivity contribution is 5.45. The molecular weight excluding hydrogens is 152 g/mol. The van der Waals surface area contributed by atoms with Crippen molar-refractivity contribution in [1.82, 2.24) is 4.98 Å². The van der Waals surface area contributed by atoms with Crippen LogP contribution < -0.4 is 10.1 Å². The van der Waals surface area contributed by atoms with E-state index in [0.717, 1.165) is 17.1 Å². The van der Waals surface area contributed by atoms with Gasteiger partial charge in [-0.3, -0.25) is 0 Å². The van der Waals surface area contributed by atoms with E-state index >= 15 is 0 Å². The van der Waals surface area contributed by atoms with Crippen LogP contribution in [0.2, 0.25) is 0 Å². The fourth-order valence-electron chi connectivity index (χ4n) is 1.06. The second kappa shape index (κ2) is 3.95. The monoisotopic (exact) mass is 166 g/mol. The molecule has 0 saturated heterocycles. The van der Waals surface area contributed by atoms with Gasteiger partial charge in [-0.25, -0.2) is 4.98 Å². The number of nitrogens with one attached hydrogen (secondary N) is 1. The number of hydrogen-bond donors (Lipinski definition) is 1. The maximum atomic E-state index is 5.30. The van der Waals surface area contributed by atoms with Gasteiger partial charge in [-0.05, 0) is 25.5 Å². The Hall–Kier alpha value is -1.25. The smallest absolute Gasteiger partial charge is 0.137 e. The van der Waals surface area contributed by atoms with Crippen molar-refractivity contribution in [2.75, 3.05) is 19.0 Å². The van der Waals surface area contributed by atoms with Crippen LogP contribution in [0.15, 0.2) is 12.3 Å². The highest BCUT2D eigenvalue weighted by atomic mass is 16.5. The predicted molar refractivity (Wildman–Crippen MR) is 49.7 cm³/mol. The van der Waals surface area contributed by atoms with Crippen LogP contribution in [0.3, 0.4) is 0 Å². The molecule has 3 heteroatoms. The van der Waals surface area contributed by atoms with Crippen molar-refractivity contribution in [1.29, 1.82) is 0 Å². The molecule has 0 radical (unpaired) electrons. The molecule has 0 saturated carbocycles. The van der Waals surface area contributed by atoms with Crippen LogP contribution in [0.25, 0.3) is 0 Å². The molecular formula is C9H14N2O. The van der Waals surface area contributed by atoms with E-state index in [1.165, 1.54) is 0 Å². The van der Waals surface area contributed by atoms with Gasteiger partial charge in [0.05, 0.1) is 12.8 Å². The highest BCUT2D eigenvalue weighted by Gasteiger charge is 1.98. The third kappa shape index (κ3) is 1.87. The molecule has 0 aliphatic rings. The normalized spacial score (nSPS) is 9.58. The van der Waals surface area contributed by atoms with Crippen LogP contribution >= 0.6 is 0 Å². The summed E-state index contributed by atoms with van der Waals surface area (Å²) in [5.74, 6) is 1.73. The molecule has 1 aromatic rings. The fourth-order valence-corrected chi connectivity index (χ4v) is 1.06. The van der Waals surface area contributed by atoms with E-state index in [1.807, 2.05) is 27.0 Å². The van der Waals surface area contributed by atoms with Gasteiger partial charge >= 0.3 is 0 Å². The number of rotatable bonds is 3. The molecule has 3 nitrogen and oxygen atoms in total. The summed E-state index contributed by atoms with van der Waals surface area (Å²) in [4.78, 5) is 4.18. The van der Waals surface area contributed by atoms with Crippen molar-refractivity contribution in [3.05, 3.63) is 17.8 Å². The molecule has 0 unspecified atom stereocenters. The third-order valence-corrected chi connectivity index (χ3v) is 1.60. The Morgan fingerprint density at radius 3 is 2.83 bits per heavy atom. The lowest BCUT2D eigenvalue weighted by molar-refractivity contribution is 0.338. The molecule has 0 fully saturated rings. The van der Waals surface area contributed by atoms with E-state index in [0.29, 0.717) is 6.61 Å². The Balaban J connectivity index is 2.86. The minimum atomic E-state index is 0.681. The highest BCUT2D eigenvalue weighted by Crippen LogP contribution is 2.17. The fraction of sp³-hybridized carbons (Fsp3) is 0.444. The maximum absolute atomic E-state index is 5.30. The Labute approximate surface area is 72.8 Å². The first-order valence-corrected chi connectivity index (χ1v) is 4.05. The number of pyridine rings is 1. The van der Waals surface area contributed by atoms with Gasteiger partial charge in [0.1, 0.15) is 11.6 Å². The zero-order valence-corrected chi connectivity index (χ0v) is 7.72. The number of hydrogen-bond acceptors (Lipinski definition) is 3. The van der Waals surface area contributed by atoms with Crippen molar-refractivity contribution in [2.45, 2.75) is 13.8 Å². The van der Waals surface area contributed by atoms with Gasteiger partial charge in [0, 0.05) is 7.05 Å². The second-order valence-corrected chi connectivity index (χ2v) is 2.52.